The van der Waals surface area contributed by atoms with Crippen LogP contribution in [0.15, 0.2) is 54.6 Å². The largest absolute Gasteiger partial charge is 0.457 e. The smallest absolute Gasteiger partial charge is 0.238 e. The molecule has 4 nitrogen and oxygen atoms in total. The van der Waals surface area contributed by atoms with Crippen molar-refractivity contribution in [1.82, 2.24) is 0 Å². The maximum Gasteiger partial charge on any atom is 0.238 e. The highest BCUT2D eigenvalue weighted by Crippen LogP contribution is 2.41. The van der Waals surface area contributed by atoms with Crippen LogP contribution in [0.25, 0.3) is 0 Å². The molecule has 2 aromatic carbocycles. The van der Waals surface area contributed by atoms with E-state index in [4.69, 9.17) is 4.74 Å². The number of carbonyl (C=O) groups is 2. The summed E-state index contributed by atoms with van der Waals surface area (Å²) >= 11 is 0. The van der Waals surface area contributed by atoms with Gasteiger partial charge in [0.1, 0.15) is 11.5 Å². The molecule has 4 heteroatoms. The molecule has 2 aliphatic rings. The Kier molecular flexibility index (Phi) is 5.03. The molecule has 0 spiro atoms. The third kappa shape index (κ3) is 3.48. The third-order valence-corrected chi connectivity index (χ3v) is 5.99. The van der Waals surface area contributed by atoms with Crippen LogP contribution in [0.1, 0.15) is 44.2 Å². The first-order valence-electron chi connectivity index (χ1n) is 10.3. The molecule has 1 aliphatic carbocycles. The Balaban J connectivity index is 1.57. The standard InChI is InChI=1S/C25H27NO3/c1-15(2)20-13-8-16(3)14-22(20)29-19-11-9-18(10-12-19)26-24(27)21-7-5-6-17(4)23(21)25(26)28/h5-6,8-15,17,21,23H,7H2,1-4H3/t17-,21+,23+/m0/s1. The zero-order valence-corrected chi connectivity index (χ0v) is 17.4. The Morgan fingerprint density at radius 2 is 1.76 bits per heavy atom. The van der Waals surface area contributed by atoms with Gasteiger partial charge in [-0.05, 0) is 66.6 Å². The molecule has 4 rings (SSSR count). The number of imide groups is 1. The second-order valence-electron chi connectivity index (χ2n) is 8.46. The summed E-state index contributed by atoms with van der Waals surface area (Å²) in [6.07, 6.45) is 4.70. The van der Waals surface area contributed by atoms with Crippen LogP contribution < -0.4 is 9.64 Å². The number of carbonyl (C=O) groups excluding carboxylic acids is 2. The lowest BCUT2D eigenvalue weighted by molar-refractivity contribution is -0.122. The van der Waals surface area contributed by atoms with Gasteiger partial charge >= 0.3 is 0 Å². The van der Waals surface area contributed by atoms with Crippen molar-refractivity contribution in [2.45, 2.75) is 40.0 Å². The molecule has 1 saturated heterocycles. The molecular formula is C25H27NO3. The summed E-state index contributed by atoms with van der Waals surface area (Å²) in [6.45, 7) is 8.33. The van der Waals surface area contributed by atoms with E-state index in [0.29, 0.717) is 23.8 Å². The summed E-state index contributed by atoms with van der Waals surface area (Å²) in [7, 11) is 0. The lowest BCUT2D eigenvalue weighted by Gasteiger charge is -2.22. The maximum atomic E-state index is 12.9. The number of fused-ring (bicyclic) bond motifs is 1. The SMILES string of the molecule is Cc1ccc(C(C)C)c(Oc2ccc(N3C(=O)[C@@H]4[C@@H](C)C=CC[C@H]4C3=O)cc2)c1. The molecule has 0 N–H and O–H groups in total. The Labute approximate surface area is 172 Å². The van der Waals surface area contributed by atoms with E-state index in [9.17, 15) is 9.59 Å². The number of ether oxygens (including phenoxy) is 1. The van der Waals surface area contributed by atoms with Crippen molar-refractivity contribution in [3.05, 3.63) is 65.7 Å². The molecule has 0 unspecified atom stereocenters. The van der Waals surface area contributed by atoms with Gasteiger partial charge in [0, 0.05) is 0 Å². The molecule has 150 valence electrons. The number of rotatable bonds is 4. The first kappa shape index (κ1) is 19.4. The van der Waals surface area contributed by atoms with Gasteiger partial charge in [0.05, 0.1) is 17.5 Å². The second-order valence-corrected chi connectivity index (χ2v) is 8.46. The van der Waals surface area contributed by atoms with Crippen molar-refractivity contribution < 1.29 is 14.3 Å². The Morgan fingerprint density at radius 3 is 2.41 bits per heavy atom. The van der Waals surface area contributed by atoms with Crippen molar-refractivity contribution in [1.29, 1.82) is 0 Å². The van der Waals surface area contributed by atoms with Crippen molar-refractivity contribution in [3.8, 4) is 11.5 Å². The van der Waals surface area contributed by atoms with Gasteiger partial charge in [-0.15, -0.1) is 0 Å². The van der Waals surface area contributed by atoms with Crippen molar-refractivity contribution in [3.63, 3.8) is 0 Å². The second kappa shape index (κ2) is 7.51. The summed E-state index contributed by atoms with van der Waals surface area (Å²) in [5.74, 6) is 1.30. The summed E-state index contributed by atoms with van der Waals surface area (Å²) in [5, 5.41) is 0. The van der Waals surface area contributed by atoms with Gasteiger partial charge in [-0.25, -0.2) is 0 Å². The normalized spacial score (nSPS) is 23.6. The number of hydrogen-bond donors (Lipinski definition) is 0. The summed E-state index contributed by atoms with van der Waals surface area (Å²) in [5.41, 5.74) is 2.90. The van der Waals surface area contributed by atoms with Gasteiger partial charge in [-0.2, -0.15) is 0 Å². The van der Waals surface area contributed by atoms with Crippen LogP contribution >= 0.6 is 0 Å². The van der Waals surface area contributed by atoms with Gasteiger partial charge in [-0.1, -0.05) is 45.1 Å². The minimum absolute atomic E-state index is 0.0913. The Bertz CT molecular complexity index is 974. The van der Waals surface area contributed by atoms with E-state index in [1.165, 1.54) is 4.90 Å². The molecular weight excluding hydrogens is 362 g/mol. The first-order chi connectivity index (χ1) is 13.9. The molecule has 1 aliphatic heterocycles. The molecule has 0 bridgehead atoms. The Hall–Kier alpha value is -2.88. The summed E-state index contributed by atoms with van der Waals surface area (Å²) in [6, 6.07) is 13.5. The first-order valence-corrected chi connectivity index (χ1v) is 10.3. The number of nitrogens with zero attached hydrogens (tertiary/aromatic N) is 1. The van der Waals surface area contributed by atoms with E-state index in [-0.39, 0.29) is 29.6 Å². The predicted molar refractivity (Wildman–Crippen MR) is 114 cm³/mol. The predicted octanol–water partition coefficient (Wildman–Crippen LogP) is 5.61. The quantitative estimate of drug-likeness (QED) is 0.504. The van der Waals surface area contributed by atoms with Gasteiger partial charge in [0.15, 0.2) is 0 Å². The molecule has 0 saturated carbocycles. The van der Waals surface area contributed by atoms with Gasteiger partial charge in [-0.3, -0.25) is 14.5 Å². The van der Waals surface area contributed by atoms with Gasteiger partial charge < -0.3 is 4.74 Å². The average Bonchev–Trinajstić information content (AvgIpc) is 2.94. The minimum Gasteiger partial charge on any atom is -0.457 e. The van der Waals surface area contributed by atoms with Crippen molar-refractivity contribution in [2.75, 3.05) is 4.90 Å². The topological polar surface area (TPSA) is 46.6 Å². The fraction of sp³-hybridized carbons (Fsp3) is 0.360. The lowest BCUT2D eigenvalue weighted by Crippen LogP contribution is -2.31. The van der Waals surface area contributed by atoms with E-state index in [0.717, 1.165) is 16.9 Å². The number of anilines is 1. The fourth-order valence-electron chi connectivity index (χ4n) is 4.40. The van der Waals surface area contributed by atoms with Gasteiger partial charge in [0.25, 0.3) is 0 Å². The zero-order chi connectivity index (χ0) is 20.7. The van der Waals surface area contributed by atoms with E-state index in [2.05, 4.69) is 26.0 Å². The molecule has 29 heavy (non-hydrogen) atoms. The minimum atomic E-state index is -0.246. The van der Waals surface area contributed by atoms with E-state index in [1.54, 1.807) is 12.1 Å². The molecule has 1 fully saturated rings. The maximum absolute atomic E-state index is 12.9. The number of amides is 2. The van der Waals surface area contributed by atoms with Crippen molar-refractivity contribution >= 4 is 17.5 Å². The number of allylic oxidation sites excluding steroid dienone is 2. The number of aryl methyl sites for hydroxylation is 1. The molecule has 2 amide bonds. The fourth-order valence-corrected chi connectivity index (χ4v) is 4.40. The van der Waals surface area contributed by atoms with Crippen molar-refractivity contribution in [2.24, 2.45) is 17.8 Å². The molecule has 1 heterocycles. The summed E-state index contributed by atoms with van der Waals surface area (Å²) < 4.78 is 6.14. The van der Waals surface area contributed by atoms with E-state index >= 15 is 0 Å². The highest BCUT2D eigenvalue weighted by molar-refractivity contribution is 6.22. The van der Waals surface area contributed by atoms with Gasteiger partial charge in [0.2, 0.25) is 11.8 Å². The molecule has 0 aromatic heterocycles. The van der Waals surface area contributed by atoms with Crippen LogP contribution in [0, 0.1) is 24.7 Å². The highest BCUT2D eigenvalue weighted by Gasteiger charge is 2.50. The van der Waals surface area contributed by atoms with Crippen LogP contribution in [0.5, 0.6) is 11.5 Å². The number of benzene rings is 2. The zero-order valence-electron chi connectivity index (χ0n) is 17.4. The summed E-state index contributed by atoms with van der Waals surface area (Å²) in [4.78, 5) is 27.2. The molecule has 0 radical (unpaired) electrons. The highest BCUT2D eigenvalue weighted by atomic mass is 16.5. The molecule has 3 atom stereocenters. The Morgan fingerprint density at radius 1 is 1.03 bits per heavy atom. The van der Waals surface area contributed by atoms with E-state index in [1.807, 2.05) is 44.2 Å². The average molecular weight is 389 g/mol. The van der Waals surface area contributed by atoms with Crippen LogP contribution in [0.3, 0.4) is 0 Å². The van der Waals surface area contributed by atoms with E-state index < -0.39 is 0 Å². The van der Waals surface area contributed by atoms with Crippen LogP contribution in [0.2, 0.25) is 0 Å². The monoisotopic (exact) mass is 389 g/mol. The van der Waals surface area contributed by atoms with Crippen LogP contribution in [0.4, 0.5) is 5.69 Å². The lowest BCUT2D eigenvalue weighted by atomic mass is 9.78. The third-order valence-electron chi connectivity index (χ3n) is 5.99. The molecule has 2 aromatic rings. The van der Waals surface area contributed by atoms with Crippen LogP contribution in [-0.4, -0.2) is 11.8 Å². The number of hydrogen-bond acceptors (Lipinski definition) is 3. The van der Waals surface area contributed by atoms with Crippen LogP contribution in [-0.2, 0) is 9.59 Å².